The van der Waals surface area contributed by atoms with Crippen LogP contribution in [0.1, 0.15) is 77.6 Å². The van der Waals surface area contributed by atoms with Crippen LogP contribution in [0.3, 0.4) is 0 Å². The minimum atomic E-state index is -0.726. The second-order valence-electron chi connectivity index (χ2n) is 6.67. The number of hydrogen-bond acceptors (Lipinski definition) is 3. The van der Waals surface area contributed by atoms with Crippen molar-refractivity contribution in [2.75, 3.05) is 0 Å². The van der Waals surface area contributed by atoms with E-state index in [1.807, 2.05) is 0 Å². The van der Waals surface area contributed by atoms with Gasteiger partial charge < -0.3 is 15.5 Å². The first-order chi connectivity index (χ1) is 10.5. The van der Waals surface area contributed by atoms with Crippen LogP contribution >= 0.6 is 0 Å². The number of carboxylic acids is 1. The second-order valence-corrected chi connectivity index (χ2v) is 6.67. The number of carbonyl (C=O) groups excluding carboxylic acids is 1. The number of nitrogens with one attached hydrogen (secondary N) is 1. The standard InChI is InChI=1S/C17H31NO4/c1-13-10-11-15(19)14(12-13)18-16(20)8-6-4-2-3-5-7-9-17(21)22/h13-15,19H,2-12H2,1H3,(H,18,20)(H,21,22). The van der Waals surface area contributed by atoms with Crippen LogP contribution in [0.25, 0.3) is 0 Å². The smallest absolute Gasteiger partial charge is 0.303 e. The van der Waals surface area contributed by atoms with Gasteiger partial charge in [-0.3, -0.25) is 9.59 Å². The number of aliphatic hydroxyl groups excluding tert-OH is 1. The summed E-state index contributed by atoms with van der Waals surface area (Å²) in [7, 11) is 0. The van der Waals surface area contributed by atoms with Crippen LogP contribution in [-0.4, -0.2) is 34.2 Å². The fourth-order valence-electron chi connectivity index (χ4n) is 3.07. The summed E-state index contributed by atoms with van der Waals surface area (Å²) in [6.45, 7) is 2.16. The molecule has 3 unspecified atom stereocenters. The lowest BCUT2D eigenvalue weighted by atomic mass is 9.85. The SMILES string of the molecule is CC1CCC(O)C(NC(=O)CCCCCCCCC(=O)O)C1. The first-order valence-electron chi connectivity index (χ1n) is 8.68. The lowest BCUT2D eigenvalue weighted by Crippen LogP contribution is -2.46. The number of unbranched alkanes of at least 4 members (excludes halogenated alkanes) is 5. The molecule has 0 aliphatic heterocycles. The number of aliphatic carboxylic acids is 1. The molecule has 0 radical (unpaired) electrons. The van der Waals surface area contributed by atoms with E-state index < -0.39 is 12.1 Å². The molecular formula is C17H31NO4. The lowest BCUT2D eigenvalue weighted by Gasteiger charge is -2.32. The largest absolute Gasteiger partial charge is 0.481 e. The van der Waals surface area contributed by atoms with Gasteiger partial charge in [0.15, 0.2) is 0 Å². The van der Waals surface area contributed by atoms with Crippen molar-refractivity contribution >= 4 is 11.9 Å². The van der Waals surface area contributed by atoms with Gasteiger partial charge in [0.05, 0.1) is 12.1 Å². The Labute approximate surface area is 133 Å². The van der Waals surface area contributed by atoms with Crippen molar-refractivity contribution in [2.45, 2.75) is 89.7 Å². The van der Waals surface area contributed by atoms with Crippen LogP contribution < -0.4 is 5.32 Å². The molecule has 1 aliphatic carbocycles. The van der Waals surface area contributed by atoms with Crippen LogP contribution in [0.2, 0.25) is 0 Å². The number of hydrogen-bond donors (Lipinski definition) is 3. The molecule has 0 heterocycles. The summed E-state index contributed by atoms with van der Waals surface area (Å²) in [5, 5.41) is 21.4. The van der Waals surface area contributed by atoms with Crippen molar-refractivity contribution in [3.63, 3.8) is 0 Å². The van der Waals surface area contributed by atoms with Gasteiger partial charge in [0.1, 0.15) is 0 Å². The summed E-state index contributed by atoms with van der Waals surface area (Å²) in [5.41, 5.74) is 0. The molecule has 3 N–H and O–H groups in total. The molecule has 128 valence electrons. The lowest BCUT2D eigenvalue weighted by molar-refractivity contribution is -0.137. The van der Waals surface area contributed by atoms with Crippen LogP contribution in [0.15, 0.2) is 0 Å². The Morgan fingerprint density at radius 1 is 1.00 bits per heavy atom. The van der Waals surface area contributed by atoms with Crippen molar-refractivity contribution < 1.29 is 19.8 Å². The molecule has 5 nitrogen and oxygen atoms in total. The molecule has 1 amide bonds. The number of carbonyl (C=O) groups is 2. The van der Waals surface area contributed by atoms with Crippen LogP contribution in [-0.2, 0) is 9.59 Å². The molecule has 0 saturated heterocycles. The van der Waals surface area contributed by atoms with E-state index in [2.05, 4.69) is 12.2 Å². The molecule has 0 bridgehead atoms. The van der Waals surface area contributed by atoms with Gasteiger partial charge in [0.2, 0.25) is 5.91 Å². The van der Waals surface area contributed by atoms with Crippen molar-refractivity contribution in [3.05, 3.63) is 0 Å². The highest BCUT2D eigenvalue weighted by molar-refractivity contribution is 5.76. The fraction of sp³-hybridized carbons (Fsp3) is 0.882. The van der Waals surface area contributed by atoms with Crippen LogP contribution in [0.4, 0.5) is 0 Å². The van der Waals surface area contributed by atoms with Gasteiger partial charge in [-0.1, -0.05) is 32.6 Å². The van der Waals surface area contributed by atoms with Gasteiger partial charge in [-0.25, -0.2) is 0 Å². The third kappa shape index (κ3) is 8.37. The first-order valence-corrected chi connectivity index (χ1v) is 8.68. The summed E-state index contributed by atoms with van der Waals surface area (Å²) in [6, 6.07) is -0.0766. The molecule has 22 heavy (non-hydrogen) atoms. The minimum absolute atomic E-state index is 0.0454. The molecule has 0 aromatic carbocycles. The average Bonchev–Trinajstić information content (AvgIpc) is 2.45. The Morgan fingerprint density at radius 2 is 1.59 bits per heavy atom. The van der Waals surface area contributed by atoms with Gasteiger partial charge >= 0.3 is 5.97 Å². The van der Waals surface area contributed by atoms with Crippen molar-refractivity contribution in [3.8, 4) is 0 Å². The zero-order valence-electron chi connectivity index (χ0n) is 13.7. The third-order valence-corrected chi connectivity index (χ3v) is 4.47. The Balaban J connectivity index is 2.00. The van der Waals surface area contributed by atoms with Crippen LogP contribution in [0.5, 0.6) is 0 Å². The normalized spacial score (nSPS) is 24.9. The summed E-state index contributed by atoms with van der Waals surface area (Å²) in [6.07, 6.45) is 8.72. The molecule has 5 heteroatoms. The maximum atomic E-state index is 11.9. The highest BCUT2D eigenvalue weighted by atomic mass is 16.4. The van der Waals surface area contributed by atoms with Gasteiger partial charge in [0.25, 0.3) is 0 Å². The van der Waals surface area contributed by atoms with E-state index in [-0.39, 0.29) is 18.4 Å². The van der Waals surface area contributed by atoms with E-state index in [0.29, 0.717) is 12.3 Å². The minimum Gasteiger partial charge on any atom is -0.481 e. The second kappa shape index (κ2) is 10.6. The highest BCUT2D eigenvalue weighted by Gasteiger charge is 2.27. The molecule has 0 aromatic heterocycles. The quantitative estimate of drug-likeness (QED) is 0.541. The van der Waals surface area contributed by atoms with Crippen molar-refractivity contribution in [1.82, 2.24) is 5.32 Å². The first kappa shape index (κ1) is 18.9. The summed E-state index contributed by atoms with van der Waals surface area (Å²) < 4.78 is 0. The number of carboxylic acid groups (broad SMARTS) is 1. The zero-order valence-corrected chi connectivity index (χ0v) is 13.7. The molecule has 1 rings (SSSR count). The monoisotopic (exact) mass is 313 g/mol. The highest BCUT2D eigenvalue weighted by Crippen LogP contribution is 2.24. The predicted molar refractivity (Wildman–Crippen MR) is 85.5 cm³/mol. The van der Waals surface area contributed by atoms with E-state index >= 15 is 0 Å². The Kier molecular flexibility index (Phi) is 9.13. The zero-order chi connectivity index (χ0) is 16.4. The number of amides is 1. The molecule has 0 spiro atoms. The van der Waals surface area contributed by atoms with Gasteiger partial charge in [-0.05, 0) is 38.0 Å². The molecule has 1 saturated carbocycles. The molecule has 1 aliphatic rings. The van der Waals surface area contributed by atoms with Crippen molar-refractivity contribution in [1.29, 1.82) is 0 Å². The number of aliphatic hydroxyl groups is 1. The Bertz CT molecular complexity index is 346. The summed E-state index contributed by atoms with van der Waals surface area (Å²) >= 11 is 0. The topological polar surface area (TPSA) is 86.6 Å². The Hall–Kier alpha value is -1.10. The predicted octanol–water partition coefficient (Wildman–Crippen LogP) is 2.86. The van der Waals surface area contributed by atoms with E-state index in [4.69, 9.17) is 5.11 Å². The van der Waals surface area contributed by atoms with E-state index in [1.54, 1.807) is 0 Å². The molecule has 1 fully saturated rings. The van der Waals surface area contributed by atoms with Gasteiger partial charge in [-0.2, -0.15) is 0 Å². The summed E-state index contributed by atoms with van der Waals surface area (Å²) in [5.74, 6) is -0.112. The third-order valence-electron chi connectivity index (χ3n) is 4.47. The van der Waals surface area contributed by atoms with Gasteiger partial charge in [0, 0.05) is 12.8 Å². The average molecular weight is 313 g/mol. The Morgan fingerprint density at radius 3 is 2.23 bits per heavy atom. The maximum absolute atomic E-state index is 11.9. The maximum Gasteiger partial charge on any atom is 0.303 e. The molecule has 3 atom stereocenters. The molecular weight excluding hydrogens is 282 g/mol. The number of rotatable bonds is 10. The fourth-order valence-corrected chi connectivity index (χ4v) is 3.07. The van der Waals surface area contributed by atoms with Crippen molar-refractivity contribution in [2.24, 2.45) is 5.92 Å². The van der Waals surface area contributed by atoms with Gasteiger partial charge in [-0.15, -0.1) is 0 Å². The summed E-state index contributed by atoms with van der Waals surface area (Å²) in [4.78, 5) is 22.2. The van der Waals surface area contributed by atoms with E-state index in [9.17, 15) is 14.7 Å². The van der Waals surface area contributed by atoms with E-state index in [1.165, 1.54) is 0 Å². The molecule has 0 aromatic rings. The van der Waals surface area contributed by atoms with E-state index in [0.717, 1.165) is 57.8 Å². The van der Waals surface area contributed by atoms with Crippen LogP contribution in [0, 0.1) is 5.92 Å².